The Bertz CT molecular complexity index is 973. The van der Waals surface area contributed by atoms with Gasteiger partial charge in [-0.1, -0.05) is 18.2 Å². The van der Waals surface area contributed by atoms with Gasteiger partial charge in [0.1, 0.15) is 5.82 Å². The maximum absolute atomic E-state index is 13.3. The lowest BCUT2D eigenvalue weighted by molar-refractivity contribution is 0.595. The minimum absolute atomic E-state index is 0.115. The summed E-state index contributed by atoms with van der Waals surface area (Å²) in [6, 6.07) is 14.1. The average Bonchev–Trinajstić information content (AvgIpc) is 2.57. The number of aryl methyl sites for hydroxylation is 1. The van der Waals surface area contributed by atoms with Crippen molar-refractivity contribution in [2.24, 2.45) is 0 Å². The van der Waals surface area contributed by atoms with E-state index in [4.69, 9.17) is 0 Å². The van der Waals surface area contributed by atoms with Gasteiger partial charge in [0.25, 0.3) is 10.0 Å². The van der Waals surface area contributed by atoms with E-state index in [9.17, 15) is 12.8 Å². The molecule has 2 aromatic carbocycles. The lowest BCUT2D eigenvalue weighted by Crippen LogP contribution is -2.14. The van der Waals surface area contributed by atoms with E-state index in [1.165, 1.54) is 18.2 Å². The second kappa shape index (κ2) is 6.41. The van der Waals surface area contributed by atoms with Crippen molar-refractivity contribution in [3.8, 4) is 11.1 Å². The van der Waals surface area contributed by atoms with E-state index in [2.05, 4.69) is 9.71 Å². The van der Waals surface area contributed by atoms with Crippen LogP contribution in [0.15, 0.2) is 71.9 Å². The van der Waals surface area contributed by atoms with Crippen molar-refractivity contribution in [2.75, 3.05) is 4.72 Å². The number of hydrogen-bond acceptors (Lipinski definition) is 3. The summed E-state index contributed by atoms with van der Waals surface area (Å²) in [6.45, 7) is 1.81. The molecule has 0 saturated heterocycles. The van der Waals surface area contributed by atoms with Gasteiger partial charge in [-0.3, -0.25) is 9.71 Å². The van der Waals surface area contributed by atoms with Crippen molar-refractivity contribution in [1.82, 2.24) is 4.98 Å². The molecular formula is C18H15FN2O2S. The van der Waals surface area contributed by atoms with Crippen LogP contribution in [0.1, 0.15) is 5.56 Å². The molecule has 1 N–H and O–H groups in total. The van der Waals surface area contributed by atoms with E-state index < -0.39 is 15.8 Å². The third kappa shape index (κ3) is 3.44. The van der Waals surface area contributed by atoms with Crippen LogP contribution in [0.2, 0.25) is 0 Å². The van der Waals surface area contributed by atoms with Crippen LogP contribution < -0.4 is 4.72 Å². The van der Waals surface area contributed by atoms with Crippen LogP contribution >= 0.6 is 0 Å². The van der Waals surface area contributed by atoms with Crippen LogP contribution in [0.3, 0.4) is 0 Å². The quantitative estimate of drug-likeness (QED) is 0.780. The number of halogens is 1. The zero-order chi connectivity index (χ0) is 17.2. The molecule has 6 heteroatoms. The molecule has 1 aromatic heterocycles. The fourth-order valence-electron chi connectivity index (χ4n) is 2.29. The molecule has 0 spiro atoms. The Labute approximate surface area is 140 Å². The average molecular weight is 342 g/mol. The predicted molar refractivity (Wildman–Crippen MR) is 91.6 cm³/mol. The van der Waals surface area contributed by atoms with Crippen LogP contribution in [0, 0.1) is 12.7 Å². The van der Waals surface area contributed by atoms with Gasteiger partial charge < -0.3 is 0 Å². The zero-order valence-corrected chi connectivity index (χ0v) is 13.7. The Kier molecular flexibility index (Phi) is 4.31. The van der Waals surface area contributed by atoms with Gasteiger partial charge in [-0.25, -0.2) is 12.8 Å². The number of hydrogen-bond donors (Lipinski definition) is 1. The van der Waals surface area contributed by atoms with Crippen molar-refractivity contribution in [1.29, 1.82) is 0 Å². The highest BCUT2D eigenvalue weighted by molar-refractivity contribution is 7.92. The van der Waals surface area contributed by atoms with Gasteiger partial charge in [0.05, 0.1) is 10.6 Å². The number of rotatable bonds is 4. The standard InChI is InChI=1S/C18H15FN2O2S/c1-13-5-6-15(14-7-9-20-10-8-14)11-18(13)21-24(22,23)17-4-2-3-16(19)12-17/h2-12,21H,1H3. The van der Waals surface area contributed by atoms with Crippen molar-refractivity contribution >= 4 is 15.7 Å². The zero-order valence-electron chi connectivity index (χ0n) is 12.9. The smallest absolute Gasteiger partial charge is 0.262 e. The highest BCUT2D eigenvalue weighted by Gasteiger charge is 2.16. The lowest BCUT2D eigenvalue weighted by atomic mass is 10.0. The Balaban J connectivity index is 1.98. The minimum Gasteiger partial charge on any atom is -0.279 e. The Morgan fingerprint density at radius 3 is 2.42 bits per heavy atom. The number of aromatic nitrogens is 1. The van der Waals surface area contributed by atoms with Gasteiger partial charge >= 0.3 is 0 Å². The van der Waals surface area contributed by atoms with Crippen molar-refractivity contribution in [3.05, 3.63) is 78.4 Å². The third-order valence-electron chi connectivity index (χ3n) is 3.60. The molecule has 0 aliphatic carbocycles. The molecule has 0 aliphatic heterocycles. The van der Waals surface area contributed by atoms with Crippen LogP contribution in [0.5, 0.6) is 0 Å². The highest BCUT2D eigenvalue weighted by atomic mass is 32.2. The van der Waals surface area contributed by atoms with Crippen molar-refractivity contribution < 1.29 is 12.8 Å². The number of sulfonamides is 1. The van der Waals surface area contributed by atoms with Crippen molar-refractivity contribution in [2.45, 2.75) is 11.8 Å². The highest BCUT2D eigenvalue weighted by Crippen LogP contribution is 2.27. The van der Waals surface area contributed by atoms with Crippen LogP contribution in [0.4, 0.5) is 10.1 Å². The van der Waals surface area contributed by atoms with E-state index >= 15 is 0 Å². The van der Waals surface area contributed by atoms with E-state index in [-0.39, 0.29) is 4.90 Å². The first-order valence-corrected chi connectivity index (χ1v) is 8.73. The molecule has 3 rings (SSSR count). The second-order valence-electron chi connectivity index (χ2n) is 5.33. The molecule has 0 radical (unpaired) electrons. The van der Waals surface area contributed by atoms with Crippen LogP contribution in [-0.2, 0) is 10.0 Å². The Morgan fingerprint density at radius 2 is 1.71 bits per heavy atom. The summed E-state index contributed by atoms with van der Waals surface area (Å²) in [7, 11) is -3.86. The monoisotopic (exact) mass is 342 g/mol. The van der Waals surface area contributed by atoms with Gasteiger partial charge in [0.2, 0.25) is 0 Å². The fraction of sp³-hybridized carbons (Fsp3) is 0.0556. The normalized spacial score (nSPS) is 11.2. The maximum atomic E-state index is 13.3. The topological polar surface area (TPSA) is 59.1 Å². The number of nitrogens with one attached hydrogen (secondary N) is 1. The molecule has 24 heavy (non-hydrogen) atoms. The first kappa shape index (κ1) is 16.1. The van der Waals surface area contributed by atoms with Crippen LogP contribution in [-0.4, -0.2) is 13.4 Å². The summed E-state index contributed by atoms with van der Waals surface area (Å²) in [6.07, 6.45) is 3.34. The molecule has 122 valence electrons. The summed E-state index contributed by atoms with van der Waals surface area (Å²) in [5.41, 5.74) is 3.01. The number of benzene rings is 2. The van der Waals surface area contributed by atoms with Gasteiger partial charge in [-0.15, -0.1) is 0 Å². The second-order valence-corrected chi connectivity index (χ2v) is 7.01. The molecule has 0 amide bonds. The van der Waals surface area contributed by atoms with E-state index in [0.717, 1.165) is 22.8 Å². The SMILES string of the molecule is Cc1ccc(-c2ccncc2)cc1NS(=O)(=O)c1cccc(F)c1. The van der Waals surface area contributed by atoms with E-state index in [0.29, 0.717) is 5.69 Å². The van der Waals surface area contributed by atoms with Gasteiger partial charge in [-0.2, -0.15) is 0 Å². The molecule has 0 bridgehead atoms. The predicted octanol–water partition coefficient (Wildman–Crippen LogP) is 4.00. The van der Waals surface area contributed by atoms with Crippen LogP contribution in [0.25, 0.3) is 11.1 Å². The fourth-order valence-corrected chi connectivity index (χ4v) is 3.45. The first-order valence-electron chi connectivity index (χ1n) is 7.25. The van der Waals surface area contributed by atoms with E-state index in [1.807, 2.05) is 24.3 Å². The molecular weight excluding hydrogens is 327 g/mol. The molecule has 3 aromatic rings. The molecule has 4 nitrogen and oxygen atoms in total. The Hall–Kier alpha value is -2.73. The summed E-state index contributed by atoms with van der Waals surface area (Å²) in [5.74, 6) is -0.597. The Morgan fingerprint density at radius 1 is 0.958 bits per heavy atom. The van der Waals surface area contributed by atoms with Gasteiger partial charge in [-0.05, 0) is 60.0 Å². The maximum Gasteiger partial charge on any atom is 0.262 e. The summed E-state index contributed by atoms with van der Waals surface area (Å²) >= 11 is 0. The lowest BCUT2D eigenvalue weighted by Gasteiger charge is -2.12. The van der Waals surface area contributed by atoms with Crippen molar-refractivity contribution in [3.63, 3.8) is 0 Å². The largest absolute Gasteiger partial charge is 0.279 e. The molecule has 0 fully saturated rings. The molecule has 0 saturated carbocycles. The molecule has 0 unspecified atom stereocenters. The van der Waals surface area contributed by atoms with E-state index in [1.54, 1.807) is 25.4 Å². The first-order chi connectivity index (χ1) is 11.5. The molecule has 0 atom stereocenters. The molecule has 0 aliphatic rings. The number of pyridine rings is 1. The number of anilines is 1. The van der Waals surface area contributed by atoms with Gasteiger partial charge in [0.15, 0.2) is 0 Å². The summed E-state index contributed by atoms with van der Waals surface area (Å²) in [5, 5.41) is 0. The summed E-state index contributed by atoms with van der Waals surface area (Å²) < 4.78 is 40.8. The third-order valence-corrected chi connectivity index (χ3v) is 4.97. The molecule has 1 heterocycles. The summed E-state index contributed by atoms with van der Waals surface area (Å²) in [4.78, 5) is 3.86. The van der Waals surface area contributed by atoms with Gasteiger partial charge in [0, 0.05) is 12.4 Å². The minimum atomic E-state index is -3.86. The number of nitrogens with zero attached hydrogens (tertiary/aromatic N) is 1.